The average Bonchev–Trinajstić information content (AvgIpc) is 3.38. The number of fused-ring (bicyclic) bond motifs is 1. The van der Waals surface area contributed by atoms with Gasteiger partial charge in [0.25, 0.3) is 0 Å². The van der Waals surface area contributed by atoms with Gasteiger partial charge in [-0.05, 0) is 43.2 Å². The summed E-state index contributed by atoms with van der Waals surface area (Å²) >= 11 is 1.44. The fourth-order valence-corrected chi connectivity index (χ4v) is 4.47. The molecular weight excluding hydrogens is 449 g/mol. The lowest BCUT2D eigenvalue weighted by atomic mass is 10.0. The molecule has 174 valence electrons. The molecule has 2 aromatic heterocycles. The molecule has 0 unspecified atom stereocenters. The molecule has 0 fully saturated rings. The van der Waals surface area contributed by atoms with Crippen molar-refractivity contribution in [2.75, 3.05) is 11.9 Å². The van der Waals surface area contributed by atoms with Crippen LogP contribution in [0.25, 0.3) is 21.5 Å². The predicted molar refractivity (Wildman–Crippen MR) is 125 cm³/mol. The molecule has 0 saturated heterocycles. The minimum absolute atomic E-state index is 0.0780. The standard InChI is InChI=1S/C23H25F3N6S/c1-13(2)28-18(10-15-5-4-6-17(9-15)23(24,25)26)12-27-22-32-31-21(33-22)16-7-8-20-19(11-16)14(3)29-30-20/h4-9,11,13,18,28H,10,12H2,1-3H3,(H,27,32)(H,29,30)/t18-/m0/s1. The van der Waals surface area contributed by atoms with Gasteiger partial charge in [0.05, 0.1) is 16.8 Å². The number of hydrogen-bond donors (Lipinski definition) is 3. The first-order valence-corrected chi connectivity index (χ1v) is 11.5. The second-order valence-corrected chi connectivity index (χ2v) is 9.26. The molecule has 6 nitrogen and oxygen atoms in total. The molecule has 0 aliphatic carbocycles. The number of benzene rings is 2. The fraction of sp³-hybridized carbons (Fsp3) is 0.348. The number of aromatic amines is 1. The van der Waals surface area contributed by atoms with Gasteiger partial charge in [0.1, 0.15) is 5.01 Å². The minimum atomic E-state index is -4.35. The summed E-state index contributed by atoms with van der Waals surface area (Å²) in [5.74, 6) is 0. The first-order chi connectivity index (χ1) is 15.7. The molecule has 33 heavy (non-hydrogen) atoms. The monoisotopic (exact) mass is 474 g/mol. The van der Waals surface area contributed by atoms with Gasteiger partial charge in [-0.3, -0.25) is 5.10 Å². The number of aryl methyl sites for hydroxylation is 1. The molecule has 2 aromatic carbocycles. The molecule has 3 N–H and O–H groups in total. The largest absolute Gasteiger partial charge is 0.416 e. The highest BCUT2D eigenvalue weighted by molar-refractivity contribution is 7.18. The zero-order chi connectivity index (χ0) is 23.6. The van der Waals surface area contributed by atoms with Gasteiger partial charge in [0, 0.05) is 29.6 Å². The number of alkyl halides is 3. The molecule has 4 aromatic rings. The van der Waals surface area contributed by atoms with E-state index in [9.17, 15) is 13.2 Å². The lowest BCUT2D eigenvalue weighted by molar-refractivity contribution is -0.137. The summed E-state index contributed by atoms with van der Waals surface area (Å²) in [6.07, 6.45) is -3.90. The highest BCUT2D eigenvalue weighted by Gasteiger charge is 2.30. The summed E-state index contributed by atoms with van der Waals surface area (Å²) < 4.78 is 39.2. The molecule has 10 heteroatoms. The summed E-state index contributed by atoms with van der Waals surface area (Å²) in [7, 11) is 0. The van der Waals surface area contributed by atoms with Gasteiger partial charge in [-0.2, -0.15) is 18.3 Å². The minimum Gasteiger partial charge on any atom is -0.358 e. The maximum atomic E-state index is 13.1. The van der Waals surface area contributed by atoms with Crippen LogP contribution in [0.4, 0.5) is 18.3 Å². The average molecular weight is 475 g/mol. The summed E-state index contributed by atoms with van der Waals surface area (Å²) in [6.45, 7) is 6.47. The maximum absolute atomic E-state index is 13.1. The molecule has 0 aliphatic rings. The smallest absolute Gasteiger partial charge is 0.358 e. The van der Waals surface area contributed by atoms with Crippen molar-refractivity contribution in [2.45, 2.75) is 45.5 Å². The first-order valence-electron chi connectivity index (χ1n) is 10.6. The third-order valence-corrected chi connectivity index (χ3v) is 6.16. The Morgan fingerprint density at radius 2 is 1.91 bits per heavy atom. The number of halogens is 3. The number of hydrogen-bond acceptors (Lipinski definition) is 6. The van der Waals surface area contributed by atoms with Crippen molar-refractivity contribution in [3.8, 4) is 10.6 Å². The van der Waals surface area contributed by atoms with Crippen molar-refractivity contribution in [3.63, 3.8) is 0 Å². The van der Waals surface area contributed by atoms with E-state index in [1.54, 1.807) is 6.07 Å². The first kappa shape index (κ1) is 23.2. The van der Waals surface area contributed by atoms with E-state index in [1.165, 1.54) is 23.5 Å². The normalized spacial score (nSPS) is 13.1. The summed E-state index contributed by atoms with van der Waals surface area (Å²) in [6, 6.07) is 11.6. The Balaban J connectivity index is 1.45. The maximum Gasteiger partial charge on any atom is 0.416 e. The van der Waals surface area contributed by atoms with Crippen LogP contribution in [-0.4, -0.2) is 39.0 Å². The molecule has 0 saturated carbocycles. The molecule has 0 bridgehead atoms. The van der Waals surface area contributed by atoms with Crippen LogP contribution in [0.5, 0.6) is 0 Å². The number of nitrogens with one attached hydrogen (secondary N) is 3. The van der Waals surface area contributed by atoms with Crippen LogP contribution < -0.4 is 10.6 Å². The van der Waals surface area contributed by atoms with E-state index in [4.69, 9.17) is 0 Å². The molecule has 0 spiro atoms. The Bertz CT molecular complexity index is 1230. The Hall–Kier alpha value is -2.98. The van der Waals surface area contributed by atoms with E-state index >= 15 is 0 Å². The van der Waals surface area contributed by atoms with E-state index in [-0.39, 0.29) is 12.1 Å². The number of nitrogens with zero attached hydrogens (tertiary/aromatic N) is 3. The third kappa shape index (κ3) is 5.69. The van der Waals surface area contributed by atoms with Crippen molar-refractivity contribution in [1.82, 2.24) is 25.7 Å². The van der Waals surface area contributed by atoms with E-state index in [0.29, 0.717) is 23.7 Å². The summed E-state index contributed by atoms with van der Waals surface area (Å²) in [5, 5.41) is 24.9. The number of rotatable bonds is 8. The van der Waals surface area contributed by atoms with Crippen LogP contribution in [0, 0.1) is 6.92 Å². The zero-order valence-electron chi connectivity index (χ0n) is 18.5. The second kappa shape index (κ2) is 9.48. The SMILES string of the molecule is Cc1n[nH]c2ccc(-c3nnc(NC[C@H](Cc4cccc(C(F)(F)F)c4)NC(C)C)s3)cc12. The summed E-state index contributed by atoms with van der Waals surface area (Å²) in [5.41, 5.74) is 2.85. The highest BCUT2D eigenvalue weighted by atomic mass is 32.1. The summed E-state index contributed by atoms with van der Waals surface area (Å²) in [4.78, 5) is 0. The predicted octanol–water partition coefficient (Wildman–Crippen LogP) is 5.43. The molecular formula is C23H25F3N6S. The van der Waals surface area contributed by atoms with Crippen LogP contribution >= 0.6 is 11.3 Å². The zero-order valence-corrected chi connectivity index (χ0v) is 19.3. The molecule has 1 atom stereocenters. The van der Waals surface area contributed by atoms with Crippen molar-refractivity contribution >= 4 is 27.4 Å². The highest BCUT2D eigenvalue weighted by Crippen LogP contribution is 2.31. The number of H-pyrrole nitrogens is 1. The van der Waals surface area contributed by atoms with Gasteiger partial charge in [-0.15, -0.1) is 10.2 Å². The van der Waals surface area contributed by atoms with Gasteiger partial charge in [0.15, 0.2) is 0 Å². The van der Waals surface area contributed by atoms with Gasteiger partial charge in [0.2, 0.25) is 5.13 Å². The van der Waals surface area contributed by atoms with E-state index in [1.807, 2.05) is 39.0 Å². The van der Waals surface area contributed by atoms with Crippen molar-refractivity contribution in [2.24, 2.45) is 0 Å². The van der Waals surface area contributed by atoms with Crippen LogP contribution in [0.3, 0.4) is 0 Å². The van der Waals surface area contributed by atoms with Crippen LogP contribution in [-0.2, 0) is 12.6 Å². The Kier molecular flexibility index (Phi) is 6.66. The van der Waals surface area contributed by atoms with Gasteiger partial charge >= 0.3 is 6.18 Å². The Morgan fingerprint density at radius 1 is 1.09 bits per heavy atom. The lowest BCUT2D eigenvalue weighted by Crippen LogP contribution is -2.41. The van der Waals surface area contributed by atoms with Crippen LogP contribution in [0.2, 0.25) is 0 Å². The second-order valence-electron chi connectivity index (χ2n) is 8.28. The number of anilines is 1. The Morgan fingerprint density at radius 3 is 2.67 bits per heavy atom. The van der Waals surface area contributed by atoms with E-state index in [2.05, 4.69) is 31.0 Å². The topological polar surface area (TPSA) is 78.5 Å². The number of aromatic nitrogens is 4. The quantitative estimate of drug-likeness (QED) is 0.317. The van der Waals surface area contributed by atoms with Crippen LogP contribution in [0.1, 0.15) is 30.7 Å². The van der Waals surface area contributed by atoms with Gasteiger partial charge in [-0.1, -0.05) is 43.4 Å². The van der Waals surface area contributed by atoms with Gasteiger partial charge in [-0.25, -0.2) is 0 Å². The van der Waals surface area contributed by atoms with Crippen molar-refractivity contribution in [3.05, 3.63) is 59.3 Å². The van der Waals surface area contributed by atoms with Crippen molar-refractivity contribution < 1.29 is 13.2 Å². The van der Waals surface area contributed by atoms with E-state index < -0.39 is 11.7 Å². The molecule has 0 amide bonds. The molecule has 0 radical (unpaired) electrons. The molecule has 4 rings (SSSR count). The molecule has 2 heterocycles. The van der Waals surface area contributed by atoms with E-state index in [0.717, 1.165) is 33.2 Å². The van der Waals surface area contributed by atoms with Crippen LogP contribution in [0.15, 0.2) is 42.5 Å². The Labute approximate surface area is 193 Å². The molecule has 0 aliphatic heterocycles. The van der Waals surface area contributed by atoms with Gasteiger partial charge < -0.3 is 10.6 Å². The third-order valence-electron chi connectivity index (χ3n) is 5.23. The fourth-order valence-electron chi connectivity index (χ4n) is 3.72. The van der Waals surface area contributed by atoms with Crippen molar-refractivity contribution in [1.29, 1.82) is 0 Å². The lowest BCUT2D eigenvalue weighted by Gasteiger charge is -2.22.